The Labute approximate surface area is 97.6 Å². The summed E-state index contributed by atoms with van der Waals surface area (Å²) in [7, 11) is 0. The predicted octanol–water partition coefficient (Wildman–Crippen LogP) is 3.70. The molecule has 3 heteroatoms. The largest absolute Gasteiger partial charge is 0.340 e. The summed E-state index contributed by atoms with van der Waals surface area (Å²) in [5.74, 6) is 3.69. The average Bonchev–Trinajstić information content (AvgIpc) is 2.75. The van der Waals surface area contributed by atoms with E-state index in [0.717, 1.165) is 17.7 Å². The van der Waals surface area contributed by atoms with E-state index in [1.54, 1.807) is 0 Å². The van der Waals surface area contributed by atoms with Crippen LogP contribution in [-0.2, 0) is 0 Å². The zero-order chi connectivity index (χ0) is 11.5. The summed E-state index contributed by atoms with van der Waals surface area (Å²) in [6, 6.07) is 0. The topological polar surface area (TPSA) is 38.9 Å². The highest BCUT2D eigenvalue weighted by molar-refractivity contribution is 5.00. The molecule has 1 fully saturated rings. The van der Waals surface area contributed by atoms with Crippen LogP contribution in [0.15, 0.2) is 4.52 Å². The molecule has 3 atom stereocenters. The van der Waals surface area contributed by atoms with E-state index < -0.39 is 0 Å². The Hall–Kier alpha value is -0.860. The summed E-state index contributed by atoms with van der Waals surface area (Å²) in [5.41, 5.74) is 0. The Kier molecular flexibility index (Phi) is 3.62. The van der Waals surface area contributed by atoms with Crippen LogP contribution < -0.4 is 0 Å². The first-order valence-corrected chi connectivity index (χ1v) is 6.52. The van der Waals surface area contributed by atoms with Crippen molar-refractivity contribution in [1.29, 1.82) is 0 Å². The lowest BCUT2D eigenvalue weighted by Crippen LogP contribution is -2.24. The second-order valence-corrected chi connectivity index (χ2v) is 5.11. The number of aryl methyl sites for hydroxylation is 1. The Balaban J connectivity index is 2.16. The van der Waals surface area contributed by atoms with Crippen LogP contribution in [0.4, 0.5) is 0 Å². The molecule has 2 unspecified atom stereocenters. The molecule has 0 saturated heterocycles. The molecule has 1 heterocycles. The van der Waals surface area contributed by atoms with E-state index in [1.165, 1.54) is 32.1 Å². The highest BCUT2D eigenvalue weighted by Gasteiger charge is 2.32. The first-order chi connectivity index (χ1) is 7.72. The molecule has 2 rings (SSSR count). The van der Waals surface area contributed by atoms with Gasteiger partial charge in [-0.3, -0.25) is 0 Å². The summed E-state index contributed by atoms with van der Waals surface area (Å²) in [6.07, 6.45) is 6.48. The van der Waals surface area contributed by atoms with E-state index in [-0.39, 0.29) is 0 Å². The van der Waals surface area contributed by atoms with Crippen LogP contribution in [-0.4, -0.2) is 10.1 Å². The van der Waals surface area contributed by atoms with Gasteiger partial charge in [-0.05, 0) is 24.7 Å². The molecule has 0 amide bonds. The second-order valence-electron chi connectivity index (χ2n) is 5.11. The smallest absolute Gasteiger partial charge is 0.223 e. The van der Waals surface area contributed by atoms with Crippen LogP contribution in [0.2, 0.25) is 0 Å². The van der Waals surface area contributed by atoms with E-state index in [2.05, 4.69) is 24.0 Å². The summed E-state index contributed by atoms with van der Waals surface area (Å²) < 4.78 is 5.12. The molecule has 3 nitrogen and oxygen atoms in total. The first kappa shape index (κ1) is 11.6. The maximum atomic E-state index is 5.12. The van der Waals surface area contributed by atoms with Gasteiger partial charge in [-0.15, -0.1) is 0 Å². The third kappa shape index (κ3) is 2.28. The van der Waals surface area contributed by atoms with E-state index in [0.29, 0.717) is 11.8 Å². The van der Waals surface area contributed by atoms with Crippen LogP contribution in [0.1, 0.15) is 63.6 Å². The molecule has 0 aliphatic heterocycles. The Morgan fingerprint density at radius 2 is 2.12 bits per heavy atom. The average molecular weight is 222 g/mol. The molecular formula is C13H22N2O. The van der Waals surface area contributed by atoms with Crippen molar-refractivity contribution in [2.24, 2.45) is 11.8 Å². The normalized spacial score (nSPS) is 27.9. The Morgan fingerprint density at radius 3 is 2.75 bits per heavy atom. The number of rotatable bonds is 3. The lowest BCUT2D eigenvalue weighted by molar-refractivity contribution is 0.210. The zero-order valence-corrected chi connectivity index (χ0v) is 10.6. The summed E-state index contributed by atoms with van der Waals surface area (Å²) in [6.45, 7) is 6.51. The van der Waals surface area contributed by atoms with Gasteiger partial charge < -0.3 is 4.52 Å². The Morgan fingerprint density at radius 1 is 1.38 bits per heavy atom. The van der Waals surface area contributed by atoms with E-state index in [4.69, 9.17) is 4.52 Å². The minimum atomic E-state index is 0.529. The highest BCUT2D eigenvalue weighted by Crippen LogP contribution is 2.41. The van der Waals surface area contributed by atoms with Gasteiger partial charge in [-0.2, -0.15) is 4.98 Å². The van der Waals surface area contributed by atoms with Crippen molar-refractivity contribution in [2.75, 3.05) is 0 Å². The van der Waals surface area contributed by atoms with Crippen molar-refractivity contribution in [3.63, 3.8) is 0 Å². The minimum Gasteiger partial charge on any atom is -0.340 e. The van der Waals surface area contributed by atoms with Gasteiger partial charge in [0.2, 0.25) is 5.89 Å². The van der Waals surface area contributed by atoms with Crippen LogP contribution in [0.5, 0.6) is 0 Å². The predicted molar refractivity (Wildman–Crippen MR) is 63.2 cm³/mol. The number of nitrogens with zero attached hydrogens (tertiary/aromatic N) is 2. The molecule has 0 aromatic carbocycles. The zero-order valence-electron chi connectivity index (χ0n) is 10.6. The molecule has 0 bridgehead atoms. The van der Waals surface area contributed by atoms with Crippen molar-refractivity contribution in [3.05, 3.63) is 11.7 Å². The molecule has 0 N–H and O–H groups in total. The molecule has 90 valence electrons. The molecule has 0 spiro atoms. The van der Waals surface area contributed by atoms with Crippen LogP contribution in [0.25, 0.3) is 0 Å². The van der Waals surface area contributed by atoms with Gasteiger partial charge in [0.1, 0.15) is 0 Å². The minimum absolute atomic E-state index is 0.529. The standard InChI is InChI=1S/C13H22N2O/c1-4-9(2)11-7-5-6-8-12(11)13-14-10(3)16-15-13/h9,11-12H,4-8H2,1-3H3/t9-,11?,12?/m0/s1. The maximum Gasteiger partial charge on any atom is 0.223 e. The van der Waals surface area contributed by atoms with Crippen LogP contribution in [0, 0.1) is 18.8 Å². The molecule has 16 heavy (non-hydrogen) atoms. The van der Waals surface area contributed by atoms with Crippen molar-refractivity contribution in [2.45, 2.75) is 58.8 Å². The summed E-state index contributed by atoms with van der Waals surface area (Å²) in [5, 5.41) is 4.12. The van der Waals surface area contributed by atoms with Gasteiger partial charge in [0.25, 0.3) is 0 Å². The fourth-order valence-electron chi connectivity index (χ4n) is 2.93. The van der Waals surface area contributed by atoms with E-state index in [9.17, 15) is 0 Å². The number of aromatic nitrogens is 2. The summed E-state index contributed by atoms with van der Waals surface area (Å²) >= 11 is 0. The van der Waals surface area contributed by atoms with Crippen molar-refractivity contribution >= 4 is 0 Å². The number of hydrogen-bond donors (Lipinski definition) is 0. The van der Waals surface area contributed by atoms with Crippen molar-refractivity contribution in [3.8, 4) is 0 Å². The molecule has 1 aliphatic carbocycles. The highest BCUT2D eigenvalue weighted by atomic mass is 16.5. The third-order valence-electron chi connectivity index (χ3n) is 4.07. The van der Waals surface area contributed by atoms with Gasteiger partial charge >= 0.3 is 0 Å². The Bertz CT molecular complexity index is 334. The monoisotopic (exact) mass is 222 g/mol. The van der Waals surface area contributed by atoms with Gasteiger partial charge in [-0.1, -0.05) is 38.3 Å². The first-order valence-electron chi connectivity index (χ1n) is 6.52. The fourth-order valence-corrected chi connectivity index (χ4v) is 2.93. The quantitative estimate of drug-likeness (QED) is 0.782. The van der Waals surface area contributed by atoms with Crippen LogP contribution in [0.3, 0.4) is 0 Å². The molecule has 0 radical (unpaired) electrons. The molecule has 1 aliphatic rings. The van der Waals surface area contributed by atoms with Gasteiger partial charge in [0, 0.05) is 12.8 Å². The third-order valence-corrected chi connectivity index (χ3v) is 4.07. The van der Waals surface area contributed by atoms with Crippen molar-refractivity contribution in [1.82, 2.24) is 10.1 Å². The maximum absolute atomic E-state index is 5.12. The van der Waals surface area contributed by atoms with E-state index in [1.807, 2.05) is 6.92 Å². The van der Waals surface area contributed by atoms with Gasteiger partial charge in [-0.25, -0.2) is 0 Å². The lowest BCUT2D eigenvalue weighted by Gasteiger charge is -2.33. The number of hydrogen-bond acceptors (Lipinski definition) is 3. The van der Waals surface area contributed by atoms with Crippen LogP contribution >= 0.6 is 0 Å². The molecule has 1 saturated carbocycles. The second kappa shape index (κ2) is 4.98. The fraction of sp³-hybridized carbons (Fsp3) is 0.846. The van der Waals surface area contributed by atoms with Gasteiger partial charge in [0.05, 0.1) is 0 Å². The molecule has 1 aromatic rings. The summed E-state index contributed by atoms with van der Waals surface area (Å²) in [4.78, 5) is 4.42. The molecule has 1 aromatic heterocycles. The lowest BCUT2D eigenvalue weighted by atomic mass is 9.72. The molecular weight excluding hydrogens is 200 g/mol. The van der Waals surface area contributed by atoms with Crippen molar-refractivity contribution < 1.29 is 4.52 Å². The SMILES string of the molecule is CC[C@H](C)C1CCCCC1c1noc(C)n1. The van der Waals surface area contributed by atoms with E-state index >= 15 is 0 Å². The van der Waals surface area contributed by atoms with Gasteiger partial charge in [0.15, 0.2) is 5.82 Å².